The number of benzene rings is 2. The fourth-order valence-corrected chi connectivity index (χ4v) is 1.63. The van der Waals surface area contributed by atoms with Gasteiger partial charge >= 0.3 is 0 Å². The number of rotatable bonds is 3. The van der Waals surface area contributed by atoms with E-state index in [1.54, 1.807) is 25.3 Å². The molecule has 0 aliphatic rings. The predicted octanol–water partition coefficient (Wildman–Crippen LogP) is 3.86. The molecule has 0 atom stereocenters. The second-order valence-corrected chi connectivity index (χ2v) is 3.99. The smallest absolute Gasteiger partial charge is 0.150 e. The molecule has 2 rings (SSSR count). The number of methoxy groups -OCH3 is 1. The Balaban J connectivity index is 2.28. The fourth-order valence-electron chi connectivity index (χ4n) is 1.42. The van der Waals surface area contributed by atoms with Crippen molar-refractivity contribution in [2.45, 2.75) is 0 Å². The zero-order valence-corrected chi connectivity index (χ0v) is 10.4. The third-order valence-electron chi connectivity index (χ3n) is 2.33. The van der Waals surface area contributed by atoms with Crippen LogP contribution in [0.25, 0.3) is 0 Å². The number of nitrogen functional groups attached to an aromatic ring is 1. The summed E-state index contributed by atoms with van der Waals surface area (Å²) in [5.41, 5.74) is 6.21. The quantitative estimate of drug-likeness (QED) is 0.859. The van der Waals surface area contributed by atoms with Crippen LogP contribution in [-0.4, -0.2) is 7.11 Å². The van der Waals surface area contributed by atoms with E-state index in [1.807, 2.05) is 0 Å². The molecule has 0 bridgehead atoms. The second-order valence-electron chi connectivity index (χ2n) is 3.58. The van der Waals surface area contributed by atoms with Crippen molar-refractivity contribution >= 4 is 17.3 Å². The lowest BCUT2D eigenvalue weighted by atomic mass is 10.2. The Morgan fingerprint density at radius 3 is 2.44 bits per heavy atom. The molecular formula is C13H11ClFNO2. The van der Waals surface area contributed by atoms with Gasteiger partial charge < -0.3 is 15.2 Å². The minimum atomic E-state index is -0.421. The molecule has 0 saturated carbocycles. The molecule has 0 aromatic heterocycles. The average molecular weight is 268 g/mol. The molecule has 2 aromatic carbocycles. The molecule has 0 radical (unpaired) electrons. The van der Waals surface area contributed by atoms with Gasteiger partial charge in [-0.25, -0.2) is 4.39 Å². The van der Waals surface area contributed by atoms with Gasteiger partial charge in [-0.05, 0) is 30.3 Å². The summed E-state index contributed by atoms with van der Waals surface area (Å²) in [6, 6.07) is 8.89. The Kier molecular flexibility index (Phi) is 3.58. The first-order valence-electron chi connectivity index (χ1n) is 5.16. The number of nitrogens with two attached hydrogens (primary N) is 1. The van der Waals surface area contributed by atoms with E-state index in [4.69, 9.17) is 26.8 Å². The highest BCUT2D eigenvalue weighted by Gasteiger charge is 2.07. The van der Waals surface area contributed by atoms with Crippen LogP contribution in [0, 0.1) is 5.82 Å². The lowest BCUT2D eigenvalue weighted by molar-refractivity contribution is 0.413. The maximum Gasteiger partial charge on any atom is 0.150 e. The Hall–Kier alpha value is -1.94. The van der Waals surface area contributed by atoms with Crippen LogP contribution in [0.3, 0.4) is 0 Å². The van der Waals surface area contributed by atoms with E-state index < -0.39 is 5.82 Å². The van der Waals surface area contributed by atoms with Crippen LogP contribution in [0.2, 0.25) is 5.02 Å². The number of hydrogen-bond donors (Lipinski definition) is 1. The molecular weight excluding hydrogens is 257 g/mol. The fraction of sp³-hybridized carbons (Fsp3) is 0.0769. The van der Waals surface area contributed by atoms with Gasteiger partial charge in [0.15, 0.2) is 5.75 Å². The van der Waals surface area contributed by atoms with Crippen molar-refractivity contribution in [3.63, 3.8) is 0 Å². The largest absolute Gasteiger partial charge is 0.497 e. The topological polar surface area (TPSA) is 44.5 Å². The first-order valence-corrected chi connectivity index (χ1v) is 5.54. The molecule has 0 unspecified atom stereocenters. The van der Waals surface area contributed by atoms with Crippen molar-refractivity contribution in [3.05, 3.63) is 47.2 Å². The van der Waals surface area contributed by atoms with Crippen molar-refractivity contribution in [1.82, 2.24) is 0 Å². The van der Waals surface area contributed by atoms with Crippen LogP contribution >= 0.6 is 11.6 Å². The second kappa shape index (κ2) is 5.14. The van der Waals surface area contributed by atoms with E-state index in [9.17, 15) is 4.39 Å². The van der Waals surface area contributed by atoms with Gasteiger partial charge in [-0.3, -0.25) is 0 Å². The number of halogens is 2. The van der Waals surface area contributed by atoms with E-state index in [0.29, 0.717) is 22.9 Å². The molecule has 2 aromatic rings. The molecule has 0 saturated heterocycles. The van der Waals surface area contributed by atoms with E-state index in [2.05, 4.69) is 0 Å². The third-order valence-corrected chi connectivity index (χ3v) is 2.63. The molecule has 3 nitrogen and oxygen atoms in total. The maximum atomic E-state index is 12.9. The molecule has 0 spiro atoms. The molecule has 0 heterocycles. The summed E-state index contributed by atoms with van der Waals surface area (Å²) in [5.74, 6) is 0.986. The highest BCUT2D eigenvalue weighted by atomic mass is 35.5. The number of ether oxygens (including phenoxy) is 2. The predicted molar refractivity (Wildman–Crippen MR) is 68.9 cm³/mol. The summed E-state index contributed by atoms with van der Waals surface area (Å²) in [6.07, 6.45) is 0. The van der Waals surface area contributed by atoms with Crippen molar-refractivity contribution in [1.29, 1.82) is 0 Å². The summed E-state index contributed by atoms with van der Waals surface area (Å²) in [6.45, 7) is 0. The lowest BCUT2D eigenvalue weighted by Crippen LogP contribution is -1.94. The van der Waals surface area contributed by atoms with Crippen LogP contribution < -0.4 is 15.2 Å². The summed E-state index contributed by atoms with van der Waals surface area (Å²) in [4.78, 5) is 0. The van der Waals surface area contributed by atoms with E-state index >= 15 is 0 Å². The molecule has 5 heteroatoms. The van der Waals surface area contributed by atoms with E-state index in [1.165, 1.54) is 18.2 Å². The summed E-state index contributed by atoms with van der Waals surface area (Å²) < 4.78 is 23.4. The zero-order valence-electron chi connectivity index (χ0n) is 9.61. The lowest BCUT2D eigenvalue weighted by Gasteiger charge is -2.10. The van der Waals surface area contributed by atoms with E-state index in [-0.39, 0.29) is 5.02 Å². The first kappa shape index (κ1) is 12.5. The normalized spacial score (nSPS) is 10.2. The summed E-state index contributed by atoms with van der Waals surface area (Å²) in [7, 11) is 1.55. The van der Waals surface area contributed by atoms with Crippen LogP contribution in [0.4, 0.5) is 10.1 Å². The van der Waals surface area contributed by atoms with Gasteiger partial charge in [0.2, 0.25) is 0 Å². The zero-order chi connectivity index (χ0) is 13.1. The standard InChI is InChI=1S/C13H11ClFNO2/c1-17-9-3-5-13(11(16)7-9)18-12-4-2-8(15)6-10(12)14/h2-7H,16H2,1H3. The van der Waals surface area contributed by atoms with Gasteiger partial charge in [-0.2, -0.15) is 0 Å². The van der Waals surface area contributed by atoms with Crippen molar-refractivity contribution in [2.75, 3.05) is 12.8 Å². The van der Waals surface area contributed by atoms with Crippen molar-refractivity contribution < 1.29 is 13.9 Å². The van der Waals surface area contributed by atoms with Gasteiger partial charge in [0, 0.05) is 6.07 Å². The average Bonchev–Trinajstić information content (AvgIpc) is 2.34. The van der Waals surface area contributed by atoms with Crippen LogP contribution in [0.1, 0.15) is 0 Å². The Bertz CT molecular complexity index is 575. The Morgan fingerprint density at radius 2 is 1.83 bits per heavy atom. The molecule has 94 valence electrons. The maximum absolute atomic E-state index is 12.9. The first-order chi connectivity index (χ1) is 8.60. The Labute approximate surface area is 109 Å². The van der Waals surface area contributed by atoms with Gasteiger partial charge in [-0.1, -0.05) is 11.6 Å². The van der Waals surface area contributed by atoms with Crippen LogP contribution in [0.5, 0.6) is 17.2 Å². The van der Waals surface area contributed by atoms with E-state index in [0.717, 1.165) is 0 Å². The van der Waals surface area contributed by atoms with Gasteiger partial charge in [0.1, 0.15) is 17.3 Å². The minimum absolute atomic E-state index is 0.185. The highest BCUT2D eigenvalue weighted by molar-refractivity contribution is 6.32. The monoisotopic (exact) mass is 267 g/mol. The number of anilines is 1. The Morgan fingerprint density at radius 1 is 1.11 bits per heavy atom. The molecule has 18 heavy (non-hydrogen) atoms. The van der Waals surface area contributed by atoms with Crippen LogP contribution in [0.15, 0.2) is 36.4 Å². The molecule has 0 fully saturated rings. The van der Waals surface area contributed by atoms with Crippen molar-refractivity contribution in [3.8, 4) is 17.2 Å². The third kappa shape index (κ3) is 2.65. The molecule has 0 aliphatic carbocycles. The van der Waals surface area contributed by atoms with Gasteiger partial charge in [0.25, 0.3) is 0 Å². The highest BCUT2D eigenvalue weighted by Crippen LogP contribution is 2.34. The van der Waals surface area contributed by atoms with Gasteiger partial charge in [0.05, 0.1) is 17.8 Å². The van der Waals surface area contributed by atoms with Crippen molar-refractivity contribution in [2.24, 2.45) is 0 Å². The summed E-state index contributed by atoms with van der Waals surface area (Å²) >= 11 is 5.86. The SMILES string of the molecule is COc1ccc(Oc2ccc(F)cc2Cl)c(N)c1. The summed E-state index contributed by atoms with van der Waals surface area (Å²) in [5, 5.41) is 0.185. The number of hydrogen-bond acceptors (Lipinski definition) is 3. The molecule has 0 amide bonds. The molecule has 2 N–H and O–H groups in total. The van der Waals surface area contributed by atoms with Crippen LogP contribution in [-0.2, 0) is 0 Å². The minimum Gasteiger partial charge on any atom is -0.497 e. The van der Waals surface area contributed by atoms with Gasteiger partial charge in [-0.15, -0.1) is 0 Å². The molecule has 0 aliphatic heterocycles.